The fourth-order valence-corrected chi connectivity index (χ4v) is 2.98. The second-order valence-corrected chi connectivity index (χ2v) is 5.80. The summed E-state index contributed by atoms with van der Waals surface area (Å²) >= 11 is 0. The van der Waals surface area contributed by atoms with Crippen molar-refractivity contribution in [3.63, 3.8) is 0 Å². The number of anilines is 2. The third kappa shape index (κ3) is 3.66. The Morgan fingerprint density at radius 3 is 2.55 bits per heavy atom. The van der Waals surface area contributed by atoms with Crippen molar-refractivity contribution in [1.29, 1.82) is 0 Å². The first-order valence-corrected chi connectivity index (χ1v) is 8.04. The Kier molecular flexibility index (Phi) is 5.72. The molecule has 0 saturated carbocycles. The van der Waals surface area contributed by atoms with E-state index in [-0.39, 0.29) is 0 Å². The molecule has 0 fully saturated rings. The molecule has 1 aromatic rings. The van der Waals surface area contributed by atoms with E-state index in [2.05, 4.69) is 60.3 Å². The van der Waals surface area contributed by atoms with E-state index in [0.29, 0.717) is 6.04 Å². The van der Waals surface area contributed by atoms with Crippen LogP contribution in [0.15, 0.2) is 24.3 Å². The van der Waals surface area contributed by atoms with Crippen molar-refractivity contribution in [2.24, 2.45) is 0 Å². The molecule has 0 aliphatic carbocycles. The molecule has 3 nitrogen and oxygen atoms in total. The van der Waals surface area contributed by atoms with Crippen LogP contribution >= 0.6 is 0 Å². The number of benzene rings is 1. The fraction of sp³-hybridized carbons (Fsp3) is 0.647. The first-order chi connectivity index (χ1) is 9.76. The van der Waals surface area contributed by atoms with Gasteiger partial charge in [0.15, 0.2) is 0 Å². The number of para-hydroxylation sites is 2. The molecule has 0 radical (unpaired) electrons. The second kappa shape index (κ2) is 7.53. The van der Waals surface area contributed by atoms with E-state index in [1.807, 2.05) is 0 Å². The van der Waals surface area contributed by atoms with Crippen molar-refractivity contribution in [1.82, 2.24) is 5.32 Å². The third-order valence-corrected chi connectivity index (χ3v) is 4.10. The summed E-state index contributed by atoms with van der Waals surface area (Å²) < 4.78 is 0. The number of likely N-dealkylation sites (N-methyl/N-ethyl adjacent to an activating group) is 1. The van der Waals surface area contributed by atoms with Crippen LogP contribution in [0.1, 0.15) is 33.1 Å². The van der Waals surface area contributed by atoms with Crippen molar-refractivity contribution in [2.45, 2.75) is 39.2 Å². The highest BCUT2D eigenvalue weighted by molar-refractivity contribution is 5.73. The maximum absolute atomic E-state index is 3.70. The normalized spacial score (nSPS) is 16.1. The van der Waals surface area contributed by atoms with E-state index in [1.54, 1.807) is 0 Å². The van der Waals surface area contributed by atoms with Crippen LogP contribution in [0.4, 0.5) is 11.4 Å². The topological polar surface area (TPSA) is 18.5 Å². The number of hydrogen-bond acceptors (Lipinski definition) is 3. The number of hydrogen-bond donors (Lipinski definition) is 1. The molecule has 0 amide bonds. The van der Waals surface area contributed by atoms with Gasteiger partial charge in [-0.15, -0.1) is 0 Å². The largest absolute Gasteiger partial charge is 0.371 e. The second-order valence-electron chi connectivity index (χ2n) is 5.80. The molecule has 1 aliphatic heterocycles. The molecular weight excluding hydrogens is 246 g/mol. The standard InChI is InChI=1S/C17H29N3/c1-4-8-15(18-11-5-2)14-20-13-12-19(3)16-9-6-7-10-17(16)20/h6-7,9-10,15,18H,4-5,8,11-14H2,1-3H3. The number of rotatable bonds is 7. The van der Waals surface area contributed by atoms with Crippen molar-refractivity contribution in [2.75, 3.05) is 43.0 Å². The van der Waals surface area contributed by atoms with Gasteiger partial charge in [-0.1, -0.05) is 32.4 Å². The van der Waals surface area contributed by atoms with Crippen LogP contribution in [-0.4, -0.2) is 39.3 Å². The van der Waals surface area contributed by atoms with Gasteiger partial charge in [-0.2, -0.15) is 0 Å². The molecule has 1 unspecified atom stereocenters. The van der Waals surface area contributed by atoms with Gasteiger partial charge in [0.1, 0.15) is 0 Å². The van der Waals surface area contributed by atoms with Gasteiger partial charge in [0.2, 0.25) is 0 Å². The van der Waals surface area contributed by atoms with Crippen molar-refractivity contribution >= 4 is 11.4 Å². The Morgan fingerprint density at radius 1 is 1.10 bits per heavy atom. The van der Waals surface area contributed by atoms with Gasteiger partial charge in [0, 0.05) is 32.7 Å². The minimum Gasteiger partial charge on any atom is -0.371 e. The Bertz CT molecular complexity index is 405. The zero-order valence-corrected chi connectivity index (χ0v) is 13.2. The van der Waals surface area contributed by atoms with Crippen LogP contribution in [0.2, 0.25) is 0 Å². The van der Waals surface area contributed by atoms with Crippen molar-refractivity contribution in [3.05, 3.63) is 24.3 Å². The molecular formula is C17H29N3. The Hall–Kier alpha value is -1.22. The van der Waals surface area contributed by atoms with E-state index in [4.69, 9.17) is 0 Å². The van der Waals surface area contributed by atoms with Gasteiger partial charge in [-0.05, 0) is 31.5 Å². The van der Waals surface area contributed by atoms with E-state index in [9.17, 15) is 0 Å². The van der Waals surface area contributed by atoms with Gasteiger partial charge >= 0.3 is 0 Å². The molecule has 1 heterocycles. The van der Waals surface area contributed by atoms with Gasteiger partial charge in [0.05, 0.1) is 11.4 Å². The van der Waals surface area contributed by atoms with Crippen molar-refractivity contribution < 1.29 is 0 Å². The molecule has 0 aromatic heterocycles. The monoisotopic (exact) mass is 275 g/mol. The third-order valence-electron chi connectivity index (χ3n) is 4.10. The molecule has 20 heavy (non-hydrogen) atoms. The Morgan fingerprint density at radius 2 is 1.85 bits per heavy atom. The van der Waals surface area contributed by atoms with Crippen LogP contribution in [0, 0.1) is 0 Å². The molecule has 112 valence electrons. The summed E-state index contributed by atoms with van der Waals surface area (Å²) in [6.45, 7) is 9.00. The van der Waals surface area contributed by atoms with Gasteiger partial charge in [-0.3, -0.25) is 0 Å². The van der Waals surface area contributed by atoms with E-state index in [1.165, 1.54) is 30.6 Å². The lowest BCUT2D eigenvalue weighted by atomic mass is 10.1. The Labute approximate surface area is 124 Å². The van der Waals surface area contributed by atoms with Crippen molar-refractivity contribution in [3.8, 4) is 0 Å². The maximum Gasteiger partial charge on any atom is 0.0605 e. The first-order valence-electron chi connectivity index (χ1n) is 8.04. The highest BCUT2D eigenvalue weighted by atomic mass is 15.3. The summed E-state index contributed by atoms with van der Waals surface area (Å²) in [7, 11) is 2.19. The van der Waals surface area contributed by atoms with E-state index < -0.39 is 0 Å². The smallest absolute Gasteiger partial charge is 0.0605 e. The van der Waals surface area contributed by atoms with Gasteiger partial charge in [0.25, 0.3) is 0 Å². The van der Waals surface area contributed by atoms with Gasteiger partial charge < -0.3 is 15.1 Å². The van der Waals surface area contributed by atoms with Crippen LogP contribution in [-0.2, 0) is 0 Å². The minimum absolute atomic E-state index is 0.608. The quantitative estimate of drug-likeness (QED) is 0.825. The zero-order valence-electron chi connectivity index (χ0n) is 13.2. The Balaban J connectivity index is 2.06. The SMILES string of the molecule is CCCNC(CCC)CN1CCN(C)c2ccccc21. The average Bonchev–Trinajstić information content (AvgIpc) is 2.48. The van der Waals surface area contributed by atoms with E-state index >= 15 is 0 Å². The average molecular weight is 275 g/mol. The summed E-state index contributed by atoms with van der Waals surface area (Å²) in [6, 6.07) is 9.39. The highest BCUT2D eigenvalue weighted by Gasteiger charge is 2.21. The summed E-state index contributed by atoms with van der Waals surface area (Å²) in [4.78, 5) is 4.92. The van der Waals surface area contributed by atoms with Gasteiger partial charge in [-0.25, -0.2) is 0 Å². The maximum atomic E-state index is 3.70. The molecule has 0 bridgehead atoms. The summed E-state index contributed by atoms with van der Waals surface area (Å²) in [6.07, 6.45) is 3.71. The molecule has 0 saturated heterocycles. The summed E-state index contributed by atoms with van der Waals surface area (Å²) in [5.74, 6) is 0. The molecule has 0 spiro atoms. The fourth-order valence-electron chi connectivity index (χ4n) is 2.98. The lowest BCUT2D eigenvalue weighted by molar-refractivity contribution is 0.467. The first kappa shape index (κ1) is 15.2. The molecule has 3 heteroatoms. The lowest BCUT2D eigenvalue weighted by Gasteiger charge is -2.39. The van der Waals surface area contributed by atoms with E-state index in [0.717, 1.165) is 26.2 Å². The zero-order chi connectivity index (χ0) is 14.4. The summed E-state index contributed by atoms with van der Waals surface area (Å²) in [5.41, 5.74) is 2.75. The number of nitrogens with one attached hydrogen (secondary N) is 1. The molecule has 1 N–H and O–H groups in total. The predicted molar refractivity (Wildman–Crippen MR) is 88.9 cm³/mol. The highest BCUT2D eigenvalue weighted by Crippen LogP contribution is 2.31. The number of nitrogens with zero attached hydrogens (tertiary/aromatic N) is 2. The molecule has 1 aromatic carbocycles. The van der Waals surface area contributed by atoms with Crippen LogP contribution in [0.3, 0.4) is 0 Å². The lowest BCUT2D eigenvalue weighted by Crippen LogP contribution is -2.46. The molecule has 1 atom stereocenters. The molecule has 2 rings (SSSR count). The minimum atomic E-state index is 0.608. The van der Waals surface area contributed by atoms with Crippen LogP contribution in [0.25, 0.3) is 0 Å². The predicted octanol–water partition coefficient (Wildman–Crippen LogP) is 3.11. The van der Waals surface area contributed by atoms with Crippen LogP contribution < -0.4 is 15.1 Å². The van der Waals surface area contributed by atoms with Crippen LogP contribution in [0.5, 0.6) is 0 Å². The summed E-state index contributed by atoms with van der Waals surface area (Å²) in [5, 5.41) is 3.70. The number of fused-ring (bicyclic) bond motifs is 1. The molecule has 1 aliphatic rings.